The van der Waals surface area contributed by atoms with E-state index in [0.29, 0.717) is 30.3 Å². The van der Waals surface area contributed by atoms with Crippen molar-refractivity contribution in [2.45, 2.75) is 70.4 Å². The van der Waals surface area contributed by atoms with Crippen LogP contribution in [-0.2, 0) is 15.1 Å². The summed E-state index contributed by atoms with van der Waals surface area (Å²) in [6, 6.07) is 32.1. The van der Waals surface area contributed by atoms with Gasteiger partial charge < -0.3 is 15.0 Å². The van der Waals surface area contributed by atoms with E-state index in [9.17, 15) is 4.79 Å². The van der Waals surface area contributed by atoms with Crippen LogP contribution in [0.15, 0.2) is 103 Å². The molecule has 1 fully saturated rings. The lowest BCUT2D eigenvalue weighted by Gasteiger charge is -2.37. The molecule has 1 saturated carbocycles. The Morgan fingerprint density at radius 2 is 1.52 bits per heavy atom. The van der Waals surface area contributed by atoms with E-state index in [1.54, 1.807) is 6.92 Å². The Kier molecular flexibility index (Phi) is 9.91. The zero-order chi connectivity index (χ0) is 29.4. The van der Waals surface area contributed by atoms with Crippen LogP contribution in [-0.4, -0.2) is 28.5 Å². The first-order chi connectivity index (χ1) is 20.5. The second-order valence-corrected chi connectivity index (χ2v) is 12.0. The third-order valence-electron chi connectivity index (χ3n) is 9.31. The van der Waals surface area contributed by atoms with Gasteiger partial charge in [-0.25, -0.2) is 4.98 Å². The molecule has 5 atom stereocenters. The number of nitrogens with one attached hydrogen (secondary N) is 2. The molecule has 5 nitrogen and oxygen atoms in total. The Morgan fingerprint density at radius 1 is 0.952 bits per heavy atom. The molecule has 5 rings (SSSR count). The van der Waals surface area contributed by atoms with Gasteiger partial charge in [-0.1, -0.05) is 104 Å². The molecule has 1 aromatic heterocycles. The van der Waals surface area contributed by atoms with Crippen molar-refractivity contribution >= 4 is 5.91 Å². The largest absolute Gasteiger partial charge is 0.361 e. The lowest BCUT2D eigenvalue weighted by molar-refractivity contribution is -0.119. The third-order valence-corrected chi connectivity index (χ3v) is 9.31. The SMILES string of the molecule is CCC(CC[C@@H]1C[C@@H](COC(c2ccccc2)(c2ccccc2)c2ccccc2)C[C@H]1c1ncc[nH]1)[C@H](C)NC(C)=O. The monoisotopic (exact) mass is 563 g/mol. The summed E-state index contributed by atoms with van der Waals surface area (Å²) in [4.78, 5) is 19.8. The van der Waals surface area contributed by atoms with Crippen LogP contribution in [0.3, 0.4) is 0 Å². The molecule has 4 aromatic rings. The number of aromatic nitrogens is 2. The minimum absolute atomic E-state index is 0.0474. The molecule has 3 aromatic carbocycles. The fraction of sp³-hybridized carbons (Fsp3) is 0.405. The molecule has 0 saturated heterocycles. The summed E-state index contributed by atoms with van der Waals surface area (Å²) in [7, 11) is 0. The Bertz CT molecular complexity index is 1260. The van der Waals surface area contributed by atoms with Crippen LogP contribution in [0.4, 0.5) is 0 Å². The normalized spacial score (nSPS) is 20.2. The van der Waals surface area contributed by atoms with E-state index in [2.05, 4.69) is 115 Å². The smallest absolute Gasteiger partial charge is 0.217 e. The molecule has 0 spiro atoms. The van der Waals surface area contributed by atoms with Crippen molar-refractivity contribution in [1.29, 1.82) is 0 Å². The van der Waals surface area contributed by atoms with Crippen molar-refractivity contribution in [2.75, 3.05) is 6.61 Å². The highest BCUT2D eigenvalue weighted by atomic mass is 16.5. The zero-order valence-corrected chi connectivity index (χ0v) is 25.2. The molecule has 2 N–H and O–H groups in total. The molecular formula is C37H45N3O2. The molecule has 1 amide bonds. The first-order valence-electron chi connectivity index (χ1n) is 15.6. The van der Waals surface area contributed by atoms with Gasteiger partial charge in [0.15, 0.2) is 0 Å². The van der Waals surface area contributed by atoms with Crippen LogP contribution in [0, 0.1) is 17.8 Å². The molecule has 1 unspecified atom stereocenters. The third kappa shape index (κ3) is 6.68. The highest BCUT2D eigenvalue weighted by molar-refractivity contribution is 5.73. The maximum atomic E-state index is 11.7. The number of benzene rings is 3. The molecule has 1 heterocycles. The lowest BCUT2D eigenvalue weighted by atomic mass is 9.80. The summed E-state index contributed by atoms with van der Waals surface area (Å²) < 4.78 is 7.24. The maximum Gasteiger partial charge on any atom is 0.217 e. The number of carbonyl (C=O) groups excluding carboxylic acids is 1. The van der Waals surface area contributed by atoms with Gasteiger partial charge in [-0.05, 0) is 67.1 Å². The van der Waals surface area contributed by atoms with Crippen LogP contribution in [0.5, 0.6) is 0 Å². The minimum atomic E-state index is -0.705. The van der Waals surface area contributed by atoms with Crippen LogP contribution in [0.25, 0.3) is 0 Å². The second kappa shape index (κ2) is 14.0. The van der Waals surface area contributed by atoms with Gasteiger partial charge in [0.25, 0.3) is 0 Å². The Morgan fingerprint density at radius 3 is 2.00 bits per heavy atom. The van der Waals surface area contributed by atoms with Crippen LogP contribution in [0.1, 0.15) is 81.3 Å². The quantitative estimate of drug-likeness (QED) is 0.163. The minimum Gasteiger partial charge on any atom is -0.361 e. The average Bonchev–Trinajstić information content (AvgIpc) is 3.70. The van der Waals surface area contributed by atoms with Crippen molar-refractivity contribution in [2.24, 2.45) is 17.8 Å². The molecule has 1 aliphatic rings. The topological polar surface area (TPSA) is 67.0 Å². The van der Waals surface area contributed by atoms with Crippen molar-refractivity contribution in [3.8, 4) is 0 Å². The highest BCUT2D eigenvalue weighted by Gasteiger charge is 2.41. The van der Waals surface area contributed by atoms with Gasteiger partial charge in [0.1, 0.15) is 11.4 Å². The molecule has 0 bridgehead atoms. The Balaban J connectivity index is 1.40. The number of hydrogen-bond donors (Lipinski definition) is 2. The van der Waals surface area contributed by atoms with E-state index in [0.717, 1.165) is 54.6 Å². The highest BCUT2D eigenvalue weighted by Crippen LogP contribution is 2.47. The van der Waals surface area contributed by atoms with E-state index < -0.39 is 5.60 Å². The van der Waals surface area contributed by atoms with Gasteiger partial charge >= 0.3 is 0 Å². The number of hydrogen-bond acceptors (Lipinski definition) is 3. The van der Waals surface area contributed by atoms with Gasteiger partial charge in [0, 0.05) is 31.3 Å². The Labute approximate surface area is 251 Å². The molecule has 220 valence electrons. The number of imidazole rings is 1. The zero-order valence-electron chi connectivity index (χ0n) is 25.2. The molecule has 0 radical (unpaired) electrons. The lowest BCUT2D eigenvalue weighted by Crippen LogP contribution is -2.36. The predicted octanol–water partition coefficient (Wildman–Crippen LogP) is 7.86. The number of carbonyl (C=O) groups is 1. The van der Waals surface area contributed by atoms with Gasteiger partial charge in [-0.15, -0.1) is 0 Å². The molecule has 1 aliphatic carbocycles. The standard InChI is InChI=1S/C37H45N3O2/c1-4-30(27(2)40-28(3)41)20-21-31-24-29(25-35(31)36-38-22-23-39-36)26-42-37(32-14-8-5-9-15-32,33-16-10-6-11-17-33)34-18-12-7-13-19-34/h5-19,22-23,27,29-31,35H,4,20-21,24-26H2,1-3H3,(H,38,39)(H,40,41)/t27-,29+,30?,31+,35+/m0/s1. The summed E-state index contributed by atoms with van der Waals surface area (Å²) in [6.07, 6.45) is 9.22. The van der Waals surface area contributed by atoms with E-state index >= 15 is 0 Å². The first-order valence-corrected chi connectivity index (χ1v) is 15.6. The van der Waals surface area contributed by atoms with Crippen molar-refractivity contribution in [3.05, 3.63) is 126 Å². The van der Waals surface area contributed by atoms with Gasteiger partial charge in [0.2, 0.25) is 5.91 Å². The van der Waals surface area contributed by atoms with E-state index in [1.807, 2.05) is 12.4 Å². The Hall–Kier alpha value is -3.70. The van der Waals surface area contributed by atoms with Crippen molar-refractivity contribution in [3.63, 3.8) is 0 Å². The number of rotatable bonds is 13. The van der Waals surface area contributed by atoms with E-state index in [4.69, 9.17) is 9.72 Å². The van der Waals surface area contributed by atoms with Crippen LogP contribution < -0.4 is 5.32 Å². The summed E-state index contributed by atoms with van der Waals surface area (Å²) in [6.45, 7) is 6.64. The van der Waals surface area contributed by atoms with Crippen molar-refractivity contribution < 1.29 is 9.53 Å². The fourth-order valence-electron chi connectivity index (χ4n) is 7.20. The average molecular weight is 564 g/mol. The van der Waals surface area contributed by atoms with E-state index in [-0.39, 0.29) is 11.9 Å². The van der Waals surface area contributed by atoms with E-state index in [1.165, 1.54) is 0 Å². The number of aromatic amines is 1. The van der Waals surface area contributed by atoms with Gasteiger partial charge in [0.05, 0.1) is 6.61 Å². The number of H-pyrrole nitrogens is 1. The van der Waals surface area contributed by atoms with Crippen LogP contribution >= 0.6 is 0 Å². The molecule has 5 heteroatoms. The van der Waals surface area contributed by atoms with Gasteiger partial charge in [-0.2, -0.15) is 0 Å². The number of amides is 1. The summed E-state index contributed by atoms with van der Waals surface area (Å²) >= 11 is 0. The maximum absolute atomic E-state index is 11.7. The van der Waals surface area contributed by atoms with Crippen molar-refractivity contribution in [1.82, 2.24) is 15.3 Å². The number of nitrogens with zero attached hydrogens (tertiary/aromatic N) is 1. The second-order valence-electron chi connectivity index (χ2n) is 12.0. The summed E-state index contributed by atoms with van der Waals surface area (Å²) in [5, 5.41) is 3.12. The molecule has 0 aliphatic heterocycles. The molecule has 42 heavy (non-hydrogen) atoms. The van der Waals surface area contributed by atoms with Crippen LogP contribution in [0.2, 0.25) is 0 Å². The summed E-state index contributed by atoms with van der Waals surface area (Å²) in [5.74, 6) is 2.90. The first kappa shape index (κ1) is 29.8. The molecular weight excluding hydrogens is 518 g/mol. The van der Waals surface area contributed by atoms with Gasteiger partial charge in [-0.3, -0.25) is 4.79 Å². The fourth-order valence-corrected chi connectivity index (χ4v) is 7.20. The summed E-state index contributed by atoms with van der Waals surface area (Å²) in [5.41, 5.74) is 2.70. The predicted molar refractivity (Wildman–Crippen MR) is 169 cm³/mol. The number of ether oxygens (including phenoxy) is 1.